The van der Waals surface area contributed by atoms with E-state index in [0.29, 0.717) is 12.6 Å². The van der Waals surface area contributed by atoms with Crippen molar-refractivity contribution in [3.63, 3.8) is 0 Å². The summed E-state index contributed by atoms with van der Waals surface area (Å²) in [4.78, 5) is 11.0. The first-order valence-electron chi connectivity index (χ1n) is 6.40. The Hall–Kier alpha value is -0.570. The van der Waals surface area contributed by atoms with Crippen LogP contribution in [0.3, 0.4) is 0 Å². The van der Waals surface area contributed by atoms with E-state index in [9.17, 15) is 4.79 Å². The molecule has 0 aromatic carbocycles. The van der Waals surface area contributed by atoms with E-state index in [0.717, 1.165) is 5.92 Å². The van der Waals surface area contributed by atoms with Gasteiger partial charge in [-0.1, -0.05) is 19.3 Å². The third kappa shape index (κ3) is 3.78. The van der Waals surface area contributed by atoms with Crippen molar-refractivity contribution in [2.75, 3.05) is 6.54 Å². The van der Waals surface area contributed by atoms with Crippen LogP contribution in [0, 0.1) is 11.3 Å². The zero-order valence-electron chi connectivity index (χ0n) is 10.8. The predicted molar refractivity (Wildman–Crippen MR) is 65.5 cm³/mol. The fourth-order valence-electron chi connectivity index (χ4n) is 2.29. The number of nitrogens with one attached hydrogen (secondary N) is 1. The molecule has 0 unspecified atom stereocenters. The van der Waals surface area contributed by atoms with Crippen molar-refractivity contribution in [1.29, 1.82) is 0 Å². The van der Waals surface area contributed by atoms with Gasteiger partial charge in [0.05, 0.1) is 5.41 Å². The molecule has 3 nitrogen and oxygen atoms in total. The van der Waals surface area contributed by atoms with Crippen LogP contribution in [0.2, 0.25) is 0 Å². The van der Waals surface area contributed by atoms with Crippen molar-refractivity contribution >= 4 is 5.97 Å². The Morgan fingerprint density at radius 1 is 1.38 bits per heavy atom. The fourth-order valence-corrected chi connectivity index (χ4v) is 2.29. The van der Waals surface area contributed by atoms with Crippen LogP contribution in [0.4, 0.5) is 0 Å². The van der Waals surface area contributed by atoms with Gasteiger partial charge in [-0.05, 0) is 39.5 Å². The molecule has 1 atom stereocenters. The Morgan fingerprint density at radius 3 is 2.44 bits per heavy atom. The van der Waals surface area contributed by atoms with Gasteiger partial charge in [-0.3, -0.25) is 4.79 Å². The second kappa shape index (κ2) is 5.67. The minimum atomic E-state index is -0.726. The number of carboxylic acid groups (broad SMARTS) is 1. The molecule has 2 N–H and O–H groups in total. The summed E-state index contributed by atoms with van der Waals surface area (Å²) in [6.45, 7) is 6.29. The van der Waals surface area contributed by atoms with Crippen LogP contribution >= 0.6 is 0 Å². The first kappa shape index (κ1) is 13.5. The maximum Gasteiger partial charge on any atom is 0.310 e. The van der Waals surface area contributed by atoms with Gasteiger partial charge in [-0.25, -0.2) is 0 Å². The maximum atomic E-state index is 11.0. The predicted octanol–water partition coefficient (Wildman–Crippen LogP) is 2.66. The van der Waals surface area contributed by atoms with Gasteiger partial charge in [0, 0.05) is 12.6 Å². The van der Waals surface area contributed by atoms with Gasteiger partial charge in [-0.2, -0.15) is 0 Å². The van der Waals surface area contributed by atoms with Gasteiger partial charge < -0.3 is 10.4 Å². The monoisotopic (exact) mass is 227 g/mol. The van der Waals surface area contributed by atoms with Crippen LogP contribution in [0.5, 0.6) is 0 Å². The largest absolute Gasteiger partial charge is 0.481 e. The zero-order chi connectivity index (χ0) is 12.2. The third-order valence-corrected chi connectivity index (χ3v) is 3.80. The summed E-state index contributed by atoms with van der Waals surface area (Å²) < 4.78 is 0. The van der Waals surface area contributed by atoms with Gasteiger partial charge >= 0.3 is 5.97 Å². The maximum absolute atomic E-state index is 11.0. The van der Waals surface area contributed by atoms with Crippen LogP contribution in [0.25, 0.3) is 0 Å². The highest BCUT2D eigenvalue weighted by molar-refractivity contribution is 5.73. The molecule has 3 heteroatoms. The van der Waals surface area contributed by atoms with E-state index in [1.54, 1.807) is 13.8 Å². The summed E-state index contributed by atoms with van der Waals surface area (Å²) in [7, 11) is 0. The smallest absolute Gasteiger partial charge is 0.310 e. The topological polar surface area (TPSA) is 49.3 Å². The van der Waals surface area contributed by atoms with Gasteiger partial charge in [-0.15, -0.1) is 0 Å². The van der Waals surface area contributed by atoms with E-state index in [2.05, 4.69) is 12.2 Å². The number of carbonyl (C=O) groups is 1. The highest BCUT2D eigenvalue weighted by atomic mass is 16.4. The minimum absolute atomic E-state index is 0.443. The summed E-state index contributed by atoms with van der Waals surface area (Å²) >= 11 is 0. The summed E-state index contributed by atoms with van der Waals surface area (Å²) in [5, 5.41) is 12.4. The van der Waals surface area contributed by atoms with Crippen molar-refractivity contribution in [1.82, 2.24) is 5.32 Å². The zero-order valence-corrected chi connectivity index (χ0v) is 10.8. The minimum Gasteiger partial charge on any atom is -0.481 e. The quantitative estimate of drug-likeness (QED) is 0.759. The lowest BCUT2D eigenvalue weighted by Crippen LogP contribution is -2.43. The molecule has 1 saturated carbocycles. The Labute approximate surface area is 98.6 Å². The van der Waals surface area contributed by atoms with Gasteiger partial charge in [0.15, 0.2) is 0 Å². The van der Waals surface area contributed by atoms with Gasteiger partial charge in [0.25, 0.3) is 0 Å². The SMILES string of the molecule is C[C@H](NCC(C)(C)C(=O)O)C1CCCCC1. The molecule has 0 aromatic rings. The molecule has 0 spiro atoms. The molecule has 0 amide bonds. The van der Waals surface area contributed by atoms with Crippen molar-refractivity contribution in [2.24, 2.45) is 11.3 Å². The van der Waals surface area contributed by atoms with Gasteiger partial charge in [0.1, 0.15) is 0 Å². The van der Waals surface area contributed by atoms with Crippen LogP contribution in [-0.2, 0) is 4.79 Å². The normalized spacial score (nSPS) is 20.7. The molecule has 1 aliphatic rings. The molecule has 16 heavy (non-hydrogen) atoms. The number of hydrogen-bond acceptors (Lipinski definition) is 2. The van der Waals surface area contributed by atoms with Crippen molar-refractivity contribution in [2.45, 2.75) is 58.9 Å². The van der Waals surface area contributed by atoms with E-state index < -0.39 is 11.4 Å². The highest BCUT2D eigenvalue weighted by Gasteiger charge is 2.28. The Bertz CT molecular complexity index is 232. The highest BCUT2D eigenvalue weighted by Crippen LogP contribution is 2.26. The molecular formula is C13H25NO2. The second-order valence-corrected chi connectivity index (χ2v) is 5.76. The van der Waals surface area contributed by atoms with Crippen molar-refractivity contribution < 1.29 is 9.90 Å². The van der Waals surface area contributed by atoms with E-state index in [4.69, 9.17) is 5.11 Å². The van der Waals surface area contributed by atoms with Crippen LogP contribution in [0.1, 0.15) is 52.9 Å². The fraction of sp³-hybridized carbons (Fsp3) is 0.923. The molecular weight excluding hydrogens is 202 g/mol. The van der Waals surface area contributed by atoms with Crippen molar-refractivity contribution in [3.8, 4) is 0 Å². The lowest BCUT2D eigenvalue weighted by molar-refractivity contribution is -0.146. The Kier molecular flexibility index (Phi) is 4.78. The molecule has 0 saturated heterocycles. The lowest BCUT2D eigenvalue weighted by atomic mass is 9.84. The van der Waals surface area contributed by atoms with Crippen LogP contribution < -0.4 is 5.32 Å². The summed E-state index contributed by atoms with van der Waals surface area (Å²) in [5.41, 5.74) is -0.664. The molecule has 1 fully saturated rings. The number of rotatable bonds is 5. The molecule has 0 aromatic heterocycles. The van der Waals surface area contributed by atoms with E-state index in [-0.39, 0.29) is 0 Å². The van der Waals surface area contributed by atoms with E-state index in [1.807, 2.05) is 0 Å². The Balaban J connectivity index is 2.33. The molecule has 1 aliphatic carbocycles. The average molecular weight is 227 g/mol. The van der Waals surface area contributed by atoms with E-state index >= 15 is 0 Å². The lowest BCUT2D eigenvalue weighted by Gasteiger charge is -2.30. The van der Waals surface area contributed by atoms with Crippen LogP contribution in [-0.4, -0.2) is 23.7 Å². The molecule has 1 rings (SSSR count). The van der Waals surface area contributed by atoms with Crippen LogP contribution in [0.15, 0.2) is 0 Å². The second-order valence-electron chi connectivity index (χ2n) is 5.76. The molecule has 0 heterocycles. The molecule has 0 radical (unpaired) electrons. The number of aliphatic carboxylic acids is 1. The Morgan fingerprint density at radius 2 is 1.94 bits per heavy atom. The van der Waals surface area contributed by atoms with E-state index in [1.165, 1.54) is 32.1 Å². The standard InChI is InChI=1S/C13H25NO2/c1-10(11-7-5-4-6-8-11)14-9-13(2,3)12(15)16/h10-11,14H,4-9H2,1-3H3,(H,15,16)/t10-/m0/s1. The summed E-state index contributed by atoms with van der Waals surface area (Å²) in [5.74, 6) is 0.00851. The number of hydrogen-bond donors (Lipinski definition) is 2. The summed E-state index contributed by atoms with van der Waals surface area (Å²) in [6.07, 6.45) is 6.62. The first-order valence-corrected chi connectivity index (χ1v) is 6.40. The first-order chi connectivity index (χ1) is 7.43. The summed E-state index contributed by atoms with van der Waals surface area (Å²) in [6, 6.07) is 0.443. The molecule has 0 aliphatic heterocycles. The molecule has 94 valence electrons. The third-order valence-electron chi connectivity index (χ3n) is 3.80. The number of carboxylic acids is 1. The average Bonchev–Trinajstić information content (AvgIpc) is 2.27. The van der Waals surface area contributed by atoms with Gasteiger partial charge in [0.2, 0.25) is 0 Å². The van der Waals surface area contributed by atoms with Crippen molar-refractivity contribution in [3.05, 3.63) is 0 Å². The molecule has 0 bridgehead atoms.